The van der Waals surface area contributed by atoms with Crippen molar-refractivity contribution in [3.8, 4) is 6.07 Å². The lowest BCUT2D eigenvalue weighted by Gasteiger charge is -2.42. The predicted octanol–water partition coefficient (Wildman–Crippen LogP) is 5.25. The lowest BCUT2D eigenvalue weighted by atomic mass is 9.86. The van der Waals surface area contributed by atoms with Crippen molar-refractivity contribution in [2.24, 2.45) is 0 Å². The van der Waals surface area contributed by atoms with Gasteiger partial charge in [-0.1, -0.05) is 67.6 Å². The second-order valence-electron chi connectivity index (χ2n) is 7.54. The van der Waals surface area contributed by atoms with E-state index < -0.39 is 0 Å². The minimum absolute atomic E-state index is 0.0876. The smallest absolute Gasteiger partial charge is 0.229 e. The number of hydrogen-bond donors (Lipinski definition) is 0. The van der Waals surface area contributed by atoms with Crippen molar-refractivity contribution in [1.82, 2.24) is 4.90 Å². The van der Waals surface area contributed by atoms with E-state index in [1.54, 1.807) is 16.7 Å². The van der Waals surface area contributed by atoms with Gasteiger partial charge >= 0.3 is 0 Å². The van der Waals surface area contributed by atoms with Crippen LogP contribution in [-0.4, -0.2) is 23.4 Å². The van der Waals surface area contributed by atoms with Gasteiger partial charge in [0, 0.05) is 18.0 Å². The highest BCUT2D eigenvalue weighted by Crippen LogP contribution is 2.43. The molecule has 0 aromatic heterocycles. The third-order valence-electron chi connectivity index (χ3n) is 5.62. The van der Waals surface area contributed by atoms with Crippen molar-refractivity contribution in [2.45, 2.75) is 38.5 Å². The highest BCUT2D eigenvalue weighted by atomic mass is 32.2. The Kier molecular flexibility index (Phi) is 5.92. The van der Waals surface area contributed by atoms with Crippen LogP contribution in [0.3, 0.4) is 0 Å². The molecule has 148 valence electrons. The summed E-state index contributed by atoms with van der Waals surface area (Å²) in [5, 5.41) is 10.7. The summed E-state index contributed by atoms with van der Waals surface area (Å²) in [5.74, 6) is 0.682. The Hall–Kier alpha value is -2.71. The first-order chi connectivity index (χ1) is 14.2. The molecule has 2 aromatic carbocycles. The number of fused-ring (bicyclic) bond motifs is 1. The van der Waals surface area contributed by atoms with Crippen molar-refractivity contribution in [1.29, 1.82) is 5.26 Å². The molecule has 5 heteroatoms. The fraction of sp³-hybridized carbons (Fsp3) is 0.333. The molecule has 29 heavy (non-hydrogen) atoms. The number of unbranched alkanes of at least 4 members (excludes halogenated alkanes) is 1. The van der Waals surface area contributed by atoms with Gasteiger partial charge in [0.15, 0.2) is 0 Å². The van der Waals surface area contributed by atoms with Crippen LogP contribution in [-0.2, 0) is 11.2 Å². The van der Waals surface area contributed by atoms with Gasteiger partial charge in [0.1, 0.15) is 0 Å². The number of carbonyl (C=O) groups excluding carboxylic acids is 1. The second-order valence-corrected chi connectivity index (χ2v) is 8.48. The number of thioether (sulfide) groups is 1. The Morgan fingerprint density at radius 3 is 2.59 bits per heavy atom. The van der Waals surface area contributed by atoms with Crippen LogP contribution in [0.25, 0.3) is 0 Å². The first-order valence-corrected chi connectivity index (χ1v) is 11.2. The van der Waals surface area contributed by atoms with Gasteiger partial charge in [0.2, 0.25) is 5.91 Å². The average Bonchev–Trinajstić information content (AvgIpc) is 2.78. The highest BCUT2D eigenvalue weighted by molar-refractivity contribution is 8.03. The molecule has 2 heterocycles. The van der Waals surface area contributed by atoms with Gasteiger partial charge in [-0.3, -0.25) is 9.69 Å². The van der Waals surface area contributed by atoms with Gasteiger partial charge in [0.05, 0.1) is 29.2 Å². The van der Waals surface area contributed by atoms with Crippen LogP contribution in [0.4, 0.5) is 5.69 Å². The Balaban J connectivity index is 1.56. The number of benzene rings is 2. The monoisotopic (exact) mass is 403 g/mol. The Bertz CT molecular complexity index is 946. The minimum atomic E-state index is -0.142. The molecule has 0 saturated carbocycles. The standard InChI is InChI=1S/C24H25N3OS/c1-2-3-7-18-10-12-20(13-11-18)26-16-27-23(28)14-21(19-8-5-4-6-9-19)22(15-25)24(27)29-17-26/h4-6,8-13,21H,2-3,7,14,16-17H2,1H3. The number of rotatable bonds is 5. The Labute approximate surface area is 176 Å². The Morgan fingerprint density at radius 1 is 1.14 bits per heavy atom. The third-order valence-corrected chi connectivity index (χ3v) is 6.77. The van der Waals surface area contributed by atoms with Crippen LogP contribution in [0.1, 0.15) is 43.2 Å². The first-order valence-electron chi connectivity index (χ1n) is 10.2. The summed E-state index contributed by atoms with van der Waals surface area (Å²) in [6.45, 7) is 2.71. The number of amides is 1. The van der Waals surface area contributed by atoms with Crippen molar-refractivity contribution in [3.05, 3.63) is 76.3 Å². The van der Waals surface area contributed by atoms with Crippen LogP contribution in [0, 0.1) is 11.3 Å². The normalized spacial score (nSPS) is 19.2. The summed E-state index contributed by atoms with van der Waals surface area (Å²) in [6.07, 6.45) is 3.85. The largest absolute Gasteiger partial charge is 0.344 e. The van der Waals surface area contributed by atoms with Gasteiger partial charge < -0.3 is 4.90 Å². The highest BCUT2D eigenvalue weighted by Gasteiger charge is 2.38. The average molecular weight is 404 g/mol. The molecule has 1 unspecified atom stereocenters. The summed E-state index contributed by atoms with van der Waals surface area (Å²) < 4.78 is 0. The molecule has 0 N–H and O–H groups in total. The van der Waals surface area contributed by atoms with E-state index in [-0.39, 0.29) is 11.8 Å². The summed E-state index contributed by atoms with van der Waals surface area (Å²) >= 11 is 1.59. The van der Waals surface area contributed by atoms with Gasteiger partial charge in [-0.25, -0.2) is 0 Å². The zero-order chi connectivity index (χ0) is 20.2. The maximum Gasteiger partial charge on any atom is 0.229 e. The molecule has 0 bridgehead atoms. The second kappa shape index (κ2) is 8.75. The van der Waals surface area contributed by atoms with Crippen molar-refractivity contribution in [2.75, 3.05) is 17.4 Å². The van der Waals surface area contributed by atoms with E-state index >= 15 is 0 Å². The molecule has 1 atom stereocenters. The summed E-state index contributed by atoms with van der Waals surface area (Å²) in [7, 11) is 0. The molecule has 2 aliphatic heterocycles. The molecule has 0 spiro atoms. The van der Waals surface area contributed by atoms with Crippen molar-refractivity contribution >= 4 is 23.4 Å². The number of nitrogens with zero attached hydrogens (tertiary/aromatic N) is 3. The number of allylic oxidation sites excluding steroid dienone is 1. The van der Waals surface area contributed by atoms with Crippen molar-refractivity contribution in [3.63, 3.8) is 0 Å². The number of anilines is 1. The molecule has 0 radical (unpaired) electrons. The summed E-state index contributed by atoms with van der Waals surface area (Å²) in [4.78, 5) is 17.0. The quantitative estimate of drug-likeness (QED) is 0.684. The lowest BCUT2D eigenvalue weighted by molar-refractivity contribution is -0.129. The van der Waals surface area contributed by atoms with E-state index in [1.165, 1.54) is 18.4 Å². The molecule has 2 aliphatic rings. The fourth-order valence-electron chi connectivity index (χ4n) is 3.95. The molecular formula is C24H25N3OS. The number of aryl methyl sites for hydroxylation is 1. The zero-order valence-electron chi connectivity index (χ0n) is 16.7. The van der Waals surface area contributed by atoms with E-state index in [0.717, 1.165) is 34.2 Å². The maximum absolute atomic E-state index is 13.0. The molecule has 0 aliphatic carbocycles. The van der Waals surface area contributed by atoms with Crippen LogP contribution in [0.15, 0.2) is 65.2 Å². The molecule has 1 amide bonds. The third kappa shape index (κ3) is 4.04. The summed E-state index contributed by atoms with van der Waals surface area (Å²) in [5.41, 5.74) is 4.23. The van der Waals surface area contributed by atoms with Gasteiger partial charge in [-0.05, 0) is 36.1 Å². The van der Waals surface area contributed by atoms with E-state index in [4.69, 9.17) is 0 Å². The van der Waals surface area contributed by atoms with E-state index in [1.807, 2.05) is 30.3 Å². The summed E-state index contributed by atoms with van der Waals surface area (Å²) in [6, 6.07) is 21.0. The van der Waals surface area contributed by atoms with Crippen LogP contribution in [0.5, 0.6) is 0 Å². The fourth-order valence-corrected chi connectivity index (χ4v) is 5.12. The maximum atomic E-state index is 13.0. The van der Waals surface area contributed by atoms with Crippen LogP contribution in [0.2, 0.25) is 0 Å². The minimum Gasteiger partial charge on any atom is -0.344 e. The van der Waals surface area contributed by atoms with E-state index in [9.17, 15) is 10.1 Å². The van der Waals surface area contributed by atoms with E-state index in [2.05, 4.69) is 42.2 Å². The zero-order valence-corrected chi connectivity index (χ0v) is 17.5. The van der Waals surface area contributed by atoms with Crippen molar-refractivity contribution < 1.29 is 4.79 Å². The molecular weight excluding hydrogens is 378 g/mol. The molecule has 4 nitrogen and oxygen atoms in total. The predicted molar refractivity (Wildman–Crippen MR) is 118 cm³/mol. The first kappa shape index (κ1) is 19.6. The molecule has 2 aromatic rings. The van der Waals surface area contributed by atoms with Gasteiger partial charge in [0.25, 0.3) is 0 Å². The van der Waals surface area contributed by atoms with E-state index in [0.29, 0.717) is 13.1 Å². The molecule has 4 rings (SSSR count). The SMILES string of the molecule is CCCCc1ccc(N2CSC3=C(C#N)C(c4ccccc4)CC(=O)N3C2)cc1. The lowest BCUT2D eigenvalue weighted by Crippen LogP contribution is -2.47. The van der Waals surface area contributed by atoms with Crippen LogP contribution < -0.4 is 4.90 Å². The molecule has 1 saturated heterocycles. The van der Waals surface area contributed by atoms with Crippen LogP contribution >= 0.6 is 11.8 Å². The van der Waals surface area contributed by atoms with Gasteiger partial charge in [-0.15, -0.1) is 0 Å². The van der Waals surface area contributed by atoms with Gasteiger partial charge in [-0.2, -0.15) is 5.26 Å². The number of hydrogen-bond acceptors (Lipinski definition) is 4. The topological polar surface area (TPSA) is 47.3 Å². The Morgan fingerprint density at radius 2 is 1.90 bits per heavy atom. The number of carbonyl (C=O) groups is 1. The number of nitriles is 1. The molecule has 1 fully saturated rings.